The molecule has 0 N–H and O–H groups in total. The van der Waals surface area contributed by atoms with Gasteiger partial charge in [-0.3, -0.25) is 0 Å². The fraction of sp³-hybridized carbons (Fsp3) is 0.500. The highest BCUT2D eigenvalue weighted by Crippen LogP contribution is 2.41. The third kappa shape index (κ3) is 2.75. The summed E-state index contributed by atoms with van der Waals surface area (Å²) in [5.41, 5.74) is 6.44. The minimum absolute atomic E-state index is 0.788. The van der Waals surface area contributed by atoms with Crippen molar-refractivity contribution in [2.24, 2.45) is 5.92 Å². The van der Waals surface area contributed by atoms with E-state index >= 15 is 0 Å². The van der Waals surface area contributed by atoms with Crippen molar-refractivity contribution in [1.29, 1.82) is 0 Å². The molecule has 0 nitrogen and oxygen atoms in total. The normalized spacial score (nSPS) is 20.8. The second kappa shape index (κ2) is 6.43. The maximum Gasteiger partial charge on any atom is -0.0115 e. The second-order valence-corrected chi connectivity index (χ2v) is 6.28. The Hall–Kier alpha value is -1.30. The summed E-state index contributed by atoms with van der Waals surface area (Å²) in [7, 11) is 0. The first-order valence-corrected chi connectivity index (χ1v) is 8.38. The van der Waals surface area contributed by atoms with E-state index in [4.69, 9.17) is 0 Å². The summed E-state index contributed by atoms with van der Waals surface area (Å²) < 4.78 is 0. The Morgan fingerprint density at radius 1 is 1.10 bits per heavy atom. The Morgan fingerprint density at radius 3 is 2.90 bits per heavy atom. The average Bonchev–Trinajstić information content (AvgIpc) is 2.50. The molecule has 106 valence electrons. The number of hydrogen-bond acceptors (Lipinski definition) is 0. The first kappa shape index (κ1) is 13.7. The van der Waals surface area contributed by atoms with Crippen LogP contribution in [-0.4, -0.2) is 0 Å². The van der Waals surface area contributed by atoms with Gasteiger partial charge in [0.2, 0.25) is 0 Å². The third-order valence-electron chi connectivity index (χ3n) is 4.86. The van der Waals surface area contributed by atoms with Gasteiger partial charge in [0.1, 0.15) is 0 Å². The lowest BCUT2D eigenvalue weighted by molar-refractivity contribution is 0.550. The molecule has 0 heterocycles. The average molecular weight is 266 g/mol. The second-order valence-electron chi connectivity index (χ2n) is 6.28. The van der Waals surface area contributed by atoms with E-state index in [1.165, 1.54) is 51.4 Å². The van der Waals surface area contributed by atoms with Gasteiger partial charge in [0.05, 0.1) is 0 Å². The molecule has 0 spiro atoms. The molecule has 0 fully saturated rings. The molecule has 2 aliphatic rings. The van der Waals surface area contributed by atoms with Gasteiger partial charge in [-0.25, -0.2) is 0 Å². The van der Waals surface area contributed by atoms with Crippen LogP contribution < -0.4 is 0 Å². The lowest BCUT2D eigenvalue weighted by Gasteiger charge is -2.31. The van der Waals surface area contributed by atoms with E-state index in [0.29, 0.717) is 0 Å². The summed E-state index contributed by atoms with van der Waals surface area (Å²) in [6, 6.07) is 9.10. The molecule has 0 heteroatoms. The molecule has 1 aromatic rings. The fourth-order valence-corrected chi connectivity index (χ4v) is 3.78. The van der Waals surface area contributed by atoms with Crippen LogP contribution in [-0.2, 0) is 6.42 Å². The third-order valence-corrected chi connectivity index (χ3v) is 4.86. The smallest absolute Gasteiger partial charge is 0.0115 e. The minimum atomic E-state index is 0.788. The predicted molar refractivity (Wildman–Crippen MR) is 87.7 cm³/mol. The number of benzene rings is 1. The summed E-state index contributed by atoms with van der Waals surface area (Å²) >= 11 is 0. The number of fused-ring (bicyclic) bond motifs is 2. The first-order chi connectivity index (χ1) is 9.90. The lowest BCUT2D eigenvalue weighted by atomic mass is 9.73. The van der Waals surface area contributed by atoms with Gasteiger partial charge in [-0.15, -0.1) is 0 Å². The summed E-state index contributed by atoms with van der Waals surface area (Å²) in [6.45, 7) is 2.29. The van der Waals surface area contributed by atoms with Crippen LogP contribution in [0.2, 0.25) is 0 Å². The van der Waals surface area contributed by atoms with Gasteiger partial charge in [0.25, 0.3) is 0 Å². The van der Waals surface area contributed by atoms with E-state index < -0.39 is 0 Å². The van der Waals surface area contributed by atoms with Crippen molar-refractivity contribution in [2.75, 3.05) is 0 Å². The zero-order valence-electron chi connectivity index (χ0n) is 12.7. The minimum Gasteiger partial charge on any atom is -0.0842 e. The molecule has 0 bridgehead atoms. The maximum absolute atomic E-state index is 2.43. The van der Waals surface area contributed by atoms with E-state index in [1.807, 2.05) is 0 Å². The van der Waals surface area contributed by atoms with Crippen molar-refractivity contribution in [3.05, 3.63) is 53.1 Å². The predicted octanol–water partition coefficient (Wildman–Crippen LogP) is 5.93. The van der Waals surface area contributed by atoms with E-state index in [1.54, 1.807) is 22.3 Å². The Kier molecular flexibility index (Phi) is 4.40. The van der Waals surface area contributed by atoms with Crippen LogP contribution in [0.4, 0.5) is 0 Å². The van der Waals surface area contributed by atoms with Crippen LogP contribution in [0.3, 0.4) is 0 Å². The van der Waals surface area contributed by atoms with Gasteiger partial charge in [-0.2, -0.15) is 0 Å². The van der Waals surface area contributed by atoms with Crippen molar-refractivity contribution in [3.63, 3.8) is 0 Å². The van der Waals surface area contributed by atoms with Crippen LogP contribution >= 0.6 is 0 Å². The highest BCUT2D eigenvalue weighted by atomic mass is 14.3. The summed E-state index contributed by atoms with van der Waals surface area (Å²) in [5, 5.41) is 0. The molecule has 0 aliphatic heterocycles. The van der Waals surface area contributed by atoms with E-state index in [0.717, 1.165) is 5.92 Å². The molecule has 0 radical (unpaired) electrons. The van der Waals surface area contributed by atoms with Crippen molar-refractivity contribution >= 4 is 5.57 Å². The molecule has 1 aromatic carbocycles. The van der Waals surface area contributed by atoms with Crippen LogP contribution in [0.15, 0.2) is 42.0 Å². The Balaban J connectivity index is 1.89. The fourth-order valence-electron chi connectivity index (χ4n) is 3.78. The Labute approximate surface area is 123 Å². The number of allylic oxidation sites excluding steroid dienone is 4. The molecule has 1 atom stereocenters. The summed E-state index contributed by atoms with van der Waals surface area (Å²) in [6.07, 6.45) is 15.4. The van der Waals surface area contributed by atoms with Crippen molar-refractivity contribution in [1.82, 2.24) is 0 Å². The van der Waals surface area contributed by atoms with E-state index in [9.17, 15) is 0 Å². The molecule has 1 unspecified atom stereocenters. The lowest BCUT2D eigenvalue weighted by Crippen LogP contribution is -2.17. The Bertz CT molecular complexity index is 519. The van der Waals surface area contributed by atoms with Crippen molar-refractivity contribution in [2.45, 2.75) is 58.3 Å². The maximum atomic E-state index is 2.43. The zero-order valence-corrected chi connectivity index (χ0v) is 12.7. The van der Waals surface area contributed by atoms with Crippen LogP contribution in [0.1, 0.15) is 63.0 Å². The number of rotatable bonds is 5. The molecule has 2 aliphatic carbocycles. The molecule has 0 saturated heterocycles. The highest BCUT2D eigenvalue weighted by Gasteiger charge is 2.26. The first-order valence-electron chi connectivity index (χ1n) is 8.38. The SMILES string of the molecule is CCCCCCC1=C2C=CCCC2Cc2ccccc21. The van der Waals surface area contributed by atoms with E-state index in [-0.39, 0.29) is 0 Å². The summed E-state index contributed by atoms with van der Waals surface area (Å²) in [4.78, 5) is 0. The van der Waals surface area contributed by atoms with Gasteiger partial charge >= 0.3 is 0 Å². The van der Waals surface area contributed by atoms with E-state index in [2.05, 4.69) is 43.3 Å². The number of hydrogen-bond donors (Lipinski definition) is 0. The van der Waals surface area contributed by atoms with Gasteiger partial charge in [-0.05, 0) is 60.3 Å². The molecule has 0 aromatic heterocycles. The number of unbranched alkanes of at least 4 members (excludes halogenated alkanes) is 3. The van der Waals surface area contributed by atoms with Crippen molar-refractivity contribution < 1.29 is 0 Å². The molecule has 20 heavy (non-hydrogen) atoms. The monoisotopic (exact) mass is 266 g/mol. The van der Waals surface area contributed by atoms with Gasteiger partial charge < -0.3 is 0 Å². The standard InChI is InChI=1S/C20H26/c1-2-3-4-5-14-20-18-12-8-6-10-16(18)15-17-11-7-9-13-19(17)20/h6,8-10,12-13,17H,2-5,7,11,14-15H2,1H3. The summed E-state index contributed by atoms with van der Waals surface area (Å²) in [5.74, 6) is 0.788. The van der Waals surface area contributed by atoms with Crippen LogP contribution in [0.25, 0.3) is 5.57 Å². The topological polar surface area (TPSA) is 0 Å². The van der Waals surface area contributed by atoms with Gasteiger partial charge in [-0.1, -0.05) is 62.6 Å². The van der Waals surface area contributed by atoms with Gasteiger partial charge in [0, 0.05) is 0 Å². The van der Waals surface area contributed by atoms with Gasteiger partial charge in [0.15, 0.2) is 0 Å². The molecular weight excluding hydrogens is 240 g/mol. The molecule has 0 amide bonds. The molecule has 0 saturated carbocycles. The molecular formula is C20H26. The zero-order chi connectivity index (χ0) is 13.8. The van der Waals surface area contributed by atoms with Crippen LogP contribution in [0, 0.1) is 5.92 Å². The highest BCUT2D eigenvalue weighted by molar-refractivity contribution is 5.76. The van der Waals surface area contributed by atoms with Crippen molar-refractivity contribution in [3.8, 4) is 0 Å². The largest absolute Gasteiger partial charge is 0.0842 e. The molecule has 3 rings (SSSR count). The van der Waals surface area contributed by atoms with Crippen LogP contribution in [0.5, 0.6) is 0 Å². The Morgan fingerprint density at radius 2 is 2.00 bits per heavy atom. The quantitative estimate of drug-likeness (QED) is 0.579.